The van der Waals surface area contributed by atoms with E-state index in [0.29, 0.717) is 0 Å². The molecule has 2 aliphatic carbocycles. The molecule has 66 heavy (non-hydrogen) atoms. The zero-order valence-corrected chi connectivity index (χ0v) is 41.6. The summed E-state index contributed by atoms with van der Waals surface area (Å²) in [5.41, 5.74) is 14.3. The summed E-state index contributed by atoms with van der Waals surface area (Å²) in [5, 5.41) is 43.0. The first kappa shape index (κ1) is 48.4. The topological polar surface area (TPSA) is 95.2 Å². The largest absolute Gasteiger partial charge is 0.192 e. The molecule has 7 rings (SSSR count). The first-order valence-corrected chi connectivity index (χ1v) is 26.8. The van der Waals surface area contributed by atoms with Gasteiger partial charge in [0.25, 0.3) is 0 Å². The molecule has 0 saturated heterocycles. The highest BCUT2D eigenvalue weighted by molar-refractivity contribution is 7.23. The Morgan fingerprint density at radius 3 is 1.27 bits per heavy atom. The molecule has 6 heteroatoms. The molecule has 0 spiro atoms. The summed E-state index contributed by atoms with van der Waals surface area (Å²) in [6, 6.07) is 31.3. The van der Waals surface area contributed by atoms with Gasteiger partial charge in [-0.05, 0) is 131 Å². The lowest BCUT2D eigenvalue weighted by Gasteiger charge is -2.22. The van der Waals surface area contributed by atoms with Crippen LogP contribution in [0.5, 0.6) is 0 Å². The Morgan fingerprint density at radius 2 is 0.818 bits per heavy atom. The number of unbranched alkanes of at least 4 members (excludes halogenated alkanes) is 18. The minimum atomic E-state index is 0.134. The zero-order valence-electron chi connectivity index (χ0n) is 39.9. The molecule has 0 fully saturated rings. The van der Waals surface area contributed by atoms with E-state index >= 15 is 0 Å². The molecule has 0 unspecified atom stereocenters. The van der Waals surface area contributed by atoms with E-state index in [4.69, 9.17) is 0 Å². The minimum Gasteiger partial charge on any atom is -0.192 e. The lowest BCUT2D eigenvalue weighted by atomic mass is 9.80. The smallest absolute Gasteiger partial charge is 0.138 e. The Morgan fingerprint density at radius 1 is 0.409 bits per heavy atom. The predicted molar refractivity (Wildman–Crippen MR) is 279 cm³/mol. The summed E-state index contributed by atoms with van der Waals surface area (Å²) >= 11 is 3.58. The molecule has 0 N–H and O–H groups in total. The lowest BCUT2D eigenvalue weighted by molar-refractivity contribution is 0.556. The molecular formula is C60H66N4S2. The van der Waals surface area contributed by atoms with Gasteiger partial charge in [-0.2, -0.15) is 21.0 Å². The van der Waals surface area contributed by atoms with Gasteiger partial charge in [0.05, 0.1) is 0 Å². The Hall–Kier alpha value is -5.50. The van der Waals surface area contributed by atoms with Crippen molar-refractivity contribution in [2.45, 2.75) is 169 Å². The van der Waals surface area contributed by atoms with Crippen LogP contribution in [0, 0.1) is 59.2 Å². The van der Waals surface area contributed by atoms with E-state index in [1.54, 1.807) is 22.7 Å². The first-order chi connectivity index (χ1) is 32.4. The van der Waals surface area contributed by atoms with Crippen LogP contribution in [-0.4, -0.2) is 0 Å². The highest BCUT2D eigenvalue weighted by Crippen LogP contribution is 2.59. The van der Waals surface area contributed by atoms with Crippen LogP contribution in [0.1, 0.15) is 186 Å². The normalized spacial score (nSPS) is 11.9. The van der Waals surface area contributed by atoms with E-state index in [2.05, 4.69) is 113 Å². The molecule has 3 aromatic carbocycles. The summed E-state index contributed by atoms with van der Waals surface area (Å²) in [7, 11) is 0. The Labute approximate surface area is 404 Å². The van der Waals surface area contributed by atoms with E-state index in [9.17, 15) is 21.0 Å². The van der Waals surface area contributed by atoms with Crippen LogP contribution in [0.2, 0.25) is 0 Å². The SMILES string of the molecule is CCCCCCCCCCCCc1c2c(c(CCCCCCCCCCCC)c3c1-c1ccc(C)cc1C3=C(C#N)C#N)-c1ccc(-c3ccc(-c4ccc(C)s4)s3)cc1C2=C(C#N)C#N. The number of aryl methyl sites for hydroxylation is 2. The van der Waals surface area contributed by atoms with Crippen LogP contribution in [0.15, 0.2) is 71.8 Å². The third kappa shape index (κ3) is 10.7. The van der Waals surface area contributed by atoms with Crippen molar-refractivity contribution in [2.24, 2.45) is 0 Å². The molecular weight excluding hydrogens is 841 g/mol. The van der Waals surface area contributed by atoms with Gasteiger partial charge in [-0.1, -0.05) is 165 Å². The molecule has 338 valence electrons. The number of nitriles is 4. The summed E-state index contributed by atoms with van der Waals surface area (Å²) in [4.78, 5) is 4.91. The van der Waals surface area contributed by atoms with Crippen molar-refractivity contribution >= 4 is 33.8 Å². The Bertz CT molecular complexity index is 2730. The van der Waals surface area contributed by atoms with E-state index in [1.807, 2.05) is 0 Å². The molecule has 0 bridgehead atoms. The molecule has 2 heterocycles. The average Bonchev–Trinajstić information content (AvgIpc) is 4.13. The number of rotatable bonds is 24. The average molecular weight is 907 g/mol. The minimum absolute atomic E-state index is 0.134. The highest BCUT2D eigenvalue weighted by Gasteiger charge is 2.40. The molecule has 2 aliphatic rings. The van der Waals surface area contributed by atoms with Crippen molar-refractivity contribution in [3.63, 3.8) is 0 Å². The lowest BCUT2D eigenvalue weighted by Crippen LogP contribution is -2.06. The fourth-order valence-electron chi connectivity index (χ4n) is 10.5. The van der Waals surface area contributed by atoms with Gasteiger partial charge in [0.1, 0.15) is 35.4 Å². The maximum atomic E-state index is 10.8. The molecule has 0 saturated carbocycles. The van der Waals surface area contributed by atoms with Crippen molar-refractivity contribution in [3.8, 4) is 66.7 Å². The fourth-order valence-corrected chi connectivity index (χ4v) is 12.5. The molecule has 4 nitrogen and oxygen atoms in total. The van der Waals surface area contributed by atoms with Gasteiger partial charge in [0.15, 0.2) is 0 Å². The number of thiophene rings is 2. The van der Waals surface area contributed by atoms with Crippen LogP contribution in [0.4, 0.5) is 0 Å². The second-order valence-corrected chi connectivity index (χ2v) is 21.0. The van der Waals surface area contributed by atoms with Gasteiger partial charge in [0.2, 0.25) is 0 Å². The summed E-state index contributed by atoms with van der Waals surface area (Å²) in [5.74, 6) is 0. The number of hydrogen-bond acceptors (Lipinski definition) is 6. The highest BCUT2D eigenvalue weighted by atomic mass is 32.1. The number of allylic oxidation sites excluding steroid dienone is 2. The van der Waals surface area contributed by atoms with Gasteiger partial charge in [0, 0.05) is 30.7 Å². The van der Waals surface area contributed by atoms with Crippen molar-refractivity contribution < 1.29 is 0 Å². The van der Waals surface area contributed by atoms with Gasteiger partial charge in [-0.25, -0.2) is 0 Å². The Kier molecular flexibility index (Phi) is 17.5. The van der Waals surface area contributed by atoms with E-state index in [0.717, 1.165) is 121 Å². The van der Waals surface area contributed by atoms with Crippen LogP contribution in [0.25, 0.3) is 53.6 Å². The van der Waals surface area contributed by atoms with Gasteiger partial charge in [-0.15, -0.1) is 22.7 Å². The van der Waals surface area contributed by atoms with E-state index in [1.165, 1.54) is 117 Å². The zero-order chi connectivity index (χ0) is 46.4. The summed E-state index contributed by atoms with van der Waals surface area (Å²) in [6.45, 7) is 8.75. The van der Waals surface area contributed by atoms with Crippen molar-refractivity contribution in [1.82, 2.24) is 0 Å². The molecule has 0 radical (unpaired) electrons. The number of fused-ring (bicyclic) bond motifs is 6. The summed E-state index contributed by atoms with van der Waals surface area (Å²) < 4.78 is 0. The quantitative estimate of drug-likeness (QED) is 0.0446. The van der Waals surface area contributed by atoms with E-state index < -0.39 is 0 Å². The maximum Gasteiger partial charge on any atom is 0.138 e. The van der Waals surface area contributed by atoms with Crippen molar-refractivity contribution in [1.29, 1.82) is 21.0 Å². The predicted octanol–water partition coefficient (Wildman–Crippen LogP) is 18.3. The first-order valence-electron chi connectivity index (χ1n) is 25.1. The maximum absolute atomic E-state index is 10.8. The molecule has 0 amide bonds. The van der Waals surface area contributed by atoms with E-state index in [-0.39, 0.29) is 11.1 Å². The molecule has 0 aliphatic heterocycles. The van der Waals surface area contributed by atoms with Crippen molar-refractivity contribution in [3.05, 3.63) is 116 Å². The fraction of sp³-hybridized carbons (Fsp3) is 0.433. The van der Waals surface area contributed by atoms with Gasteiger partial charge >= 0.3 is 0 Å². The second kappa shape index (κ2) is 23.8. The monoisotopic (exact) mass is 906 g/mol. The van der Waals surface area contributed by atoms with Crippen LogP contribution >= 0.6 is 22.7 Å². The number of benzene rings is 3. The van der Waals surface area contributed by atoms with Crippen LogP contribution < -0.4 is 0 Å². The second-order valence-electron chi connectivity index (χ2n) is 18.7. The third-order valence-electron chi connectivity index (χ3n) is 13.9. The Balaban J connectivity index is 1.37. The molecule has 5 aromatic rings. The van der Waals surface area contributed by atoms with Crippen LogP contribution in [0.3, 0.4) is 0 Å². The molecule has 2 aromatic heterocycles. The van der Waals surface area contributed by atoms with Crippen molar-refractivity contribution in [2.75, 3.05) is 0 Å². The standard InChI is InChI=1S/C60H66N4S2/c1-5-7-9-11-13-15-17-19-21-23-25-48-57-46-30-27-41(3)35-50(46)55(44(37-61)38-62)59(57)49(26-24-22-20-18-16-14-12-10-8-6-2)58-47-31-29-43(36-51(47)56(60(48)58)45(39-63)40-64)52-33-34-54(66-52)53-32-28-42(4)65-53/h27-36H,5-26H2,1-4H3. The van der Waals surface area contributed by atoms with Crippen LogP contribution in [-0.2, 0) is 12.8 Å². The summed E-state index contributed by atoms with van der Waals surface area (Å²) in [6.07, 6.45) is 26.1. The number of hydrogen-bond donors (Lipinski definition) is 0. The third-order valence-corrected chi connectivity index (χ3v) is 16.2. The molecule has 0 atom stereocenters. The van der Waals surface area contributed by atoms with Gasteiger partial charge < -0.3 is 0 Å². The number of nitrogens with zero attached hydrogens (tertiary/aromatic N) is 4. The van der Waals surface area contributed by atoms with Gasteiger partial charge in [-0.3, -0.25) is 0 Å².